The number of rotatable bonds is 3. The fraction of sp³-hybridized carbons (Fsp3) is 0.250. The first kappa shape index (κ1) is 18.7. The van der Waals surface area contributed by atoms with E-state index in [1.807, 2.05) is 0 Å². The Kier molecular flexibility index (Phi) is 4.96. The summed E-state index contributed by atoms with van der Waals surface area (Å²) in [5.41, 5.74) is 1.77. The fourth-order valence-electron chi connectivity index (χ4n) is 3.44. The van der Waals surface area contributed by atoms with Crippen LogP contribution < -0.4 is 10.3 Å². The van der Waals surface area contributed by atoms with Crippen LogP contribution in [0.1, 0.15) is 34.7 Å². The number of phenolic OH excluding ortho intramolecular Hbond substituents is 1. The highest BCUT2D eigenvalue weighted by Crippen LogP contribution is 2.37. The number of ether oxygens (including phenoxy) is 1. The number of fused-ring (bicyclic) bond motifs is 3. The van der Waals surface area contributed by atoms with E-state index in [1.54, 1.807) is 29.5 Å². The number of aromatic nitrogens is 2. The Labute approximate surface area is 173 Å². The highest BCUT2D eigenvalue weighted by atomic mass is 79.9. The van der Waals surface area contributed by atoms with E-state index in [0.29, 0.717) is 20.3 Å². The van der Waals surface area contributed by atoms with Gasteiger partial charge < -0.3 is 14.8 Å². The van der Waals surface area contributed by atoms with E-state index in [1.165, 1.54) is 12.0 Å². The number of halogens is 1. The number of methoxy groups -OCH3 is 1. The SMILES string of the molecule is COc1cc(/C=C(\C#N)c2nc3sc4c(c3c(=O)[nH]2)CCCC4)cc(Br)c1O. The van der Waals surface area contributed by atoms with Crippen LogP contribution in [0.3, 0.4) is 0 Å². The zero-order valence-corrected chi connectivity index (χ0v) is 17.4. The van der Waals surface area contributed by atoms with E-state index in [9.17, 15) is 15.2 Å². The molecule has 0 spiro atoms. The van der Waals surface area contributed by atoms with Crippen LogP contribution in [0.15, 0.2) is 21.4 Å². The van der Waals surface area contributed by atoms with E-state index in [-0.39, 0.29) is 28.5 Å². The van der Waals surface area contributed by atoms with Gasteiger partial charge in [-0.25, -0.2) is 4.98 Å². The number of aromatic amines is 1. The van der Waals surface area contributed by atoms with Crippen molar-refractivity contribution in [3.63, 3.8) is 0 Å². The molecule has 4 rings (SSSR count). The number of H-pyrrole nitrogens is 1. The molecule has 2 heterocycles. The van der Waals surface area contributed by atoms with Crippen molar-refractivity contribution in [2.75, 3.05) is 7.11 Å². The molecule has 0 unspecified atom stereocenters. The van der Waals surface area contributed by atoms with Crippen molar-refractivity contribution in [2.24, 2.45) is 0 Å². The van der Waals surface area contributed by atoms with Gasteiger partial charge in [-0.1, -0.05) is 0 Å². The second-order valence-electron chi connectivity index (χ2n) is 6.53. The molecule has 28 heavy (non-hydrogen) atoms. The van der Waals surface area contributed by atoms with Gasteiger partial charge >= 0.3 is 0 Å². The Balaban J connectivity index is 1.84. The maximum absolute atomic E-state index is 12.7. The molecular formula is C20H16BrN3O3S. The van der Waals surface area contributed by atoms with Gasteiger partial charge in [0.05, 0.1) is 22.5 Å². The molecule has 2 aromatic heterocycles. The largest absolute Gasteiger partial charge is 0.503 e. The van der Waals surface area contributed by atoms with Gasteiger partial charge in [-0.05, 0) is 70.9 Å². The van der Waals surface area contributed by atoms with Crippen LogP contribution >= 0.6 is 27.3 Å². The normalized spacial score (nSPS) is 14.0. The molecule has 0 fully saturated rings. The van der Waals surface area contributed by atoms with Crippen molar-refractivity contribution < 1.29 is 9.84 Å². The number of allylic oxidation sites excluding steroid dienone is 1. The summed E-state index contributed by atoms with van der Waals surface area (Å²) in [5.74, 6) is 0.498. The van der Waals surface area contributed by atoms with Crippen molar-refractivity contribution >= 4 is 49.1 Å². The van der Waals surface area contributed by atoms with Gasteiger partial charge in [-0.3, -0.25) is 4.79 Å². The minimum absolute atomic E-state index is 0.0183. The summed E-state index contributed by atoms with van der Waals surface area (Å²) in [6.45, 7) is 0. The van der Waals surface area contributed by atoms with Crippen LogP contribution in [-0.2, 0) is 12.8 Å². The van der Waals surface area contributed by atoms with Crippen molar-refractivity contribution in [3.8, 4) is 17.6 Å². The first-order valence-electron chi connectivity index (χ1n) is 8.75. The van der Waals surface area contributed by atoms with Crippen molar-refractivity contribution in [1.82, 2.24) is 9.97 Å². The standard InChI is InChI=1S/C20H16BrN3O3S/c1-27-14-8-10(7-13(21)17(14)25)6-11(9-22)18-23-19(26)16-12-4-2-3-5-15(12)28-20(16)24-18/h6-8,25H,2-5H2,1H3,(H,23,24,26)/b11-6+. The topological polar surface area (TPSA) is 99.0 Å². The number of aryl methyl sites for hydroxylation is 2. The van der Waals surface area contributed by atoms with Gasteiger partial charge in [0.15, 0.2) is 17.3 Å². The summed E-state index contributed by atoms with van der Waals surface area (Å²) in [4.78, 5) is 22.0. The molecule has 142 valence electrons. The second-order valence-corrected chi connectivity index (χ2v) is 8.47. The van der Waals surface area contributed by atoms with E-state index < -0.39 is 0 Å². The molecule has 1 aromatic carbocycles. The summed E-state index contributed by atoms with van der Waals surface area (Å²) >= 11 is 4.81. The highest BCUT2D eigenvalue weighted by Gasteiger charge is 2.20. The average Bonchev–Trinajstić information content (AvgIpc) is 3.07. The monoisotopic (exact) mass is 457 g/mol. The summed E-state index contributed by atoms with van der Waals surface area (Å²) < 4.78 is 5.59. The quantitative estimate of drug-likeness (QED) is 0.567. The van der Waals surface area contributed by atoms with Gasteiger partial charge in [0.2, 0.25) is 0 Å². The summed E-state index contributed by atoms with van der Waals surface area (Å²) in [6, 6.07) is 5.38. The van der Waals surface area contributed by atoms with Gasteiger partial charge in [-0.15, -0.1) is 11.3 Å². The van der Waals surface area contributed by atoms with Crippen LogP contribution in [0, 0.1) is 11.3 Å². The van der Waals surface area contributed by atoms with Crippen molar-refractivity contribution in [1.29, 1.82) is 5.26 Å². The van der Waals surface area contributed by atoms with Gasteiger partial charge in [0.25, 0.3) is 5.56 Å². The van der Waals surface area contributed by atoms with Crippen LogP contribution in [0.2, 0.25) is 0 Å². The zero-order chi connectivity index (χ0) is 19.8. The summed E-state index contributed by atoms with van der Waals surface area (Å²) in [6.07, 6.45) is 5.70. The molecule has 6 nitrogen and oxygen atoms in total. The number of phenols is 1. The lowest BCUT2D eigenvalue weighted by molar-refractivity contribution is 0.372. The predicted octanol–water partition coefficient (Wildman–Crippen LogP) is 4.40. The molecule has 0 aliphatic heterocycles. The Morgan fingerprint density at radius 2 is 2.21 bits per heavy atom. The Morgan fingerprint density at radius 3 is 2.96 bits per heavy atom. The minimum Gasteiger partial charge on any atom is -0.503 e. The van der Waals surface area contributed by atoms with Gasteiger partial charge in [0.1, 0.15) is 10.9 Å². The molecule has 3 aromatic rings. The molecule has 0 radical (unpaired) electrons. The van der Waals surface area contributed by atoms with Crippen LogP contribution in [0.25, 0.3) is 21.9 Å². The molecule has 0 atom stereocenters. The first-order valence-corrected chi connectivity index (χ1v) is 10.4. The Hall–Kier alpha value is -2.63. The van der Waals surface area contributed by atoms with Crippen molar-refractivity contribution in [3.05, 3.63) is 48.8 Å². The number of thiophene rings is 1. The third-order valence-corrected chi connectivity index (χ3v) is 6.57. The molecular weight excluding hydrogens is 442 g/mol. The number of hydrogen-bond acceptors (Lipinski definition) is 6. The predicted molar refractivity (Wildman–Crippen MR) is 113 cm³/mol. The van der Waals surface area contributed by atoms with Crippen molar-refractivity contribution in [2.45, 2.75) is 25.7 Å². The molecule has 2 N–H and O–H groups in total. The number of nitriles is 1. The lowest BCUT2D eigenvalue weighted by Gasteiger charge is -2.09. The first-order chi connectivity index (χ1) is 13.5. The molecule has 8 heteroatoms. The third kappa shape index (κ3) is 3.21. The molecule has 1 aliphatic carbocycles. The molecule has 0 bridgehead atoms. The van der Waals surface area contributed by atoms with E-state index in [0.717, 1.165) is 31.2 Å². The molecule has 1 aliphatic rings. The summed E-state index contributed by atoms with van der Waals surface area (Å²) in [7, 11) is 1.45. The maximum Gasteiger partial charge on any atom is 0.260 e. The number of aromatic hydroxyl groups is 1. The van der Waals surface area contributed by atoms with E-state index >= 15 is 0 Å². The molecule has 0 saturated heterocycles. The van der Waals surface area contributed by atoms with Crippen LogP contribution in [-0.4, -0.2) is 22.2 Å². The highest BCUT2D eigenvalue weighted by molar-refractivity contribution is 9.10. The number of benzene rings is 1. The lowest BCUT2D eigenvalue weighted by atomic mass is 9.97. The fourth-order valence-corrected chi connectivity index (χ4v) is 5.17. The number of nitrogens with zero attached hydrogens (tertiary/aromatic N) is 2. The number of hydrogen-bond donors (Lipinski definition) is 2. The Morgan fingerprint density at radius 1 is 1.43 bits per heavy atom. The van der Waals surface area contributed by atoms with Crippen LogP contribution in [0.5, 0.6) is 11.5 Å². The minimum atomic E-state index is -0.204. The lowest BCUT2D eigenvalue weighted by Crippen LogP contribution is -2.12. The van der Waals surface area contributed by atoms with E-state index in [4.69, 9.17) is 4.74 Å². The number of nitrogens with one attached hydrogen (secondary N) is 1. The molecule has 0 saturated carbocycles. The van der Waals surface area contributed by atoms with E-state index in [2.05, 4.69) is 32.0 Å². The van der Waals surface area contributed by atoms with Gasteiger partial charge in [0, 0.05) is 4.88 Å². The van der Waals surface area contributed by atoms with Gasteiger partial charge in [-0.2, -0.15) is 5.26 Å². The third-order valence-electron chi connectivity index (χ3n) is 4.78. The summed E-state index contributed by atoms with van der Waals surface area (Å²) in [5, 5.41) is 20.3. The second kappa shape index (κ2) is 7.41. The smallest absolute Gasteiger partial charge is 0.260 e. The zero-order valence-electron chi connectivity index (χ0n) is 15.0. The molecule has 0 amide bonds. The van der Waals surface area contributed by atoms with Crippen LogP contribution in [0.4, 0.5) is 0 Å². The Bertz CT molecular complexity index is 1220. The average molecular weight is 458 g/mol. The maximum atomic E-state index is 12.7.